The summed E-state index contributed by atoms with van der Waals surface area (Å²) in [7, 11) is 3.16. The zero-order valence-corrected chi connectivity index (χ0v) is 17.3. The largest absolute Gasteiger partial charge is 0.430 e. The molecule has 0 aliphatic carbocycles. The Kier molecular flexibility index (Phi) is 6.05. The van der Waals surface area contributed by atoms with Crippen molar-refractivity contribution < 1.29 is 36.2 Å². The van der Waals surface area contributed by atoms with Crippen LogP contribution in [0.4, 0.5) is 26.3 Å². The van der Waals surface area contributed by atoms with Crippen molar-refractivity contribution in [3.05, 3.63) is 81.6 Å². The Balaban J connectivity index is 2.00. The van der Waals surface area contributed by atoms with Gasteiger partial charge in [0, 0.05) is 31.3 Å². The van der Waals surface area contributed by atoms with Crippen molar-refractivity contribution in [3.8, 4) is 0 Å². The van der Waals surface area contributed by atoms with Crippen LogP contribution < -0.4 is 5.56 Å². The summed E-state index contributed by atoms with van der Waals surface area (Å²) in [6.45, 7) is -0.159. The molecular weight excluding hydrogens is 454 g/mol. The van der Waals surface area contributed by atoms with Crippen LogP contribution in [0.15, 0.2) is 59.4 Å². The third-order valence-electron chi connectivity index (χ3n) is 5.18. The maximum Gasteiger partial charge on any atom is 0.430 e. The summed E-state index contributed by atoms with van der Waals surface area (Å²) in [6, 6.07) is 10.4. The van der Waals surface area contributed by atoms with Gasteiger partial charge in [-0.25, -0.2) is 0 Å². The lowest BCUT2D eigenvalue weighted by atomic mass is 9.91. The number of aliphatic hydroxyl groups is 1. The van der Waals surface area contributed by atoms with Crippen LogP contribution in [0.1, 0.15) is 21.5 Å². The second-order valence-electron chi connectivity index (χ2n) is 7.63. The third kappa shape index (κ3) is 4.32. The van der Waals surface area contributed by atoms with Crippen molar-refractivity contribution in [1.82, 2.24) is 9.47 Å². The third-order valence-corrected chi connectivity index (χ3v) is 5.18. The number of alkyl halides is 6. The average Bonchev–Trinajstić information content (AvgIpc) is 2.73. The predicted octanol–water partition coefficient (Wildman–Crippen LogP) is 4.06. The number of benzene rings is 2. The molecule has 1 aromatic heterocycles. The molecule has 5 nitrogen and oxygen atoms in total. The van der Waals surface area contributed by atoms with Gasteiger partial charge in [-0.2, -0.15) is 26.3 Å². The number of carbonyl (C=O) groups excluding carboxylic acids is 1. The summed E-state index contributed by atoms with van der Waals surface area (Å²) in [4.78, 5) is 25.9. The fourth-order valence-electron chi connectivity index (χ4n) is 3.38. The van der Waals surface area contributed by atoms with Gasteiger partial charge in [0.2, 0.25) is 0 Å². The lowest BCUT2D eigenvalue weighted by molar-refractivity contribution is -0.376. The first-order valence-electron chi connectivity index (χ1n) is 9.47. The van der Waals surface area contributed by atoms with E-state index in [0.29, 0.717) is 28.6 Å². The van der Waals surface area contributed by atoms with Gasteiger partial charge in [-0.15, -0.1) is 0 Å². The minimum atomic E-state index is -5.99. The molecule has 2 aromatic carbocycles. The molecule has 176 valence electrons. The van der Waals surface area contributed by atoms with E-state index < -0.39 is 29.1 Å². The van der Waals surface area contributed by atoms with Crippen molar-refractivity contribution in [2.45, 2.75) is 24.5 Å². The first kappa shape index (κ1) is 24.3. The van der Waals surface area contributed by atoms with Gasteiger partial charge in [-0.1, -0.05) is 24.3 Å². The van der Waals surface area contributed by atoms with Crippen LogP contribution in [0.3, 0.4) is 0 Å². The molecule has 0 unspecified atom stereocenters. The van der Waals surface area contributed by atoms with Gasteiger partial charge in [0.1, 0.15) is 0 Å². The van der Waals surface area contributed by atoms with E-state index >= 15 is 0 Å². The minimum Gasteiger partial charge on any atom is -0.369 e. The minimum absolute atomic E-state index is 0.159. The molecule has 0 saturated heterocycles. The number of aromatic nitrogens is 1. The highest BCUT2D eigenvalue weighted by Crippen LogP contribution is 2.49. The Morgan fingerprint density at radius 3 is 2.00 bits per heavy atom. The van der Waals surface area contributed by atoms with E-state index in [4.69, 9.17) is 0 Å². The zero-order chi connectivity index (χ0) is 24.8. The fourth-order valence-corrected chi connectivity index (χ4v) is 3.38. The van der Waals surface area contributed by atoms with E-state index in [0.717, 1.165) is 12.1 Å². The normalized spacial score (nSPS) is 12.8. The van der Waals surface area contributed by atoms with E-state index in [1.807, 2.05) is 0 Å². The number of hydrogen-bond acceptors (Lipinski definition) is 3. The number of carbonyl (C=O) groups is 1. The first-order chi connectivity index (χ1) is 15.2. The van der Waals surface area contributed by atoms with Crippen LogP contribution >= 0.6 is 0 Å². The second-order valence-corrected chi connectivity index (χ2v) is 7.63. The van der Waals surface area contributed by atoms with E-state index in [9.17, 15) is 41.0 Å². The Morgan fingerprint density at radius 2 is 1.48 bits per heavy atom. The van der Waals surface area contributed by atoms with Crippen LogP contribution in [0.2, 0.25) is 0 Å². The molecule has 1 amide bonds. The van der Waals surface area contributed by atoms with E-state index in [1.54, 1.807) is 20.2 Å². The highest BCUT2D eigenvalue weighted by molar-refractivity contribution is 5.97. The van der Waals surface area contributed by atoms with Gasteiger partial charge in [0.05, 0.1) is 12.1 Å². The number of amides is 1. The standard InChI is InChI=1S/C22H18F6N2O3/c1-29(2)19(32)15-5-9-17-14(11-15)6-10-18(31)30(17)12-13-3-7-16(8-4-13)20(33,21(23,24)25)22(26,27)28/h3-11,33H,12H2,1-2H3. The molecule has 11 heteroatoms. The molecular formula is C22H18F6N2O3. The lowest BCUT2D eigenvalue weighted by Gasteiger charge is -2.32. The molecule has 0 aliphatic rings. The van der Waals surface area contributed by atoms with Gasteiger partial charge in [-0.05, 0) is 35.2 Å². The monoisotopic (exact) mass is 472 g/mol. The van der Waals surface area contributed by atoms with Crippen molar-refractivity contribution in [3.63, 3.8) is 0 Å². The van der Waals surface area contributed by atoms with E-state index in [-0.39, 0.29) is 18.0 Å². The maximum absolute atomic E-state index is 13.1. The molecule has 0 radical (unpaired) electrons. The predicted molar refractivity (Wildman–Crippen MR) is 108 cm³/mol. The van der Waals surface area contributed by atoms with Gasteiger partial charge >= 0.3 is 12.4 Å². The highest BCUT2D eigenvalue weighted by Gasteiger charge is 2.71. The van der Waals surface area contributed by atoms with E-state index in [2.05, 4.69) is 0 Å². The average molecular weight is 472 g/mol. The van der Waals surface area contributed by atoms with Gasteiger partial charge in [-0.3, -0.25) is 9.59 Å². The van der Waals surface area contributed by atoms with Crippen LogP contribution in [-0.2, 0) is 12.1 Å². The summed E-state index contributed by atoms with van der Waals surface area (Å²) < 4.78 is 79.6. The van der Waals surface area contributed by atoms with Gasteiger partial charge in [0.25, 0.3) is 17.1 Å². The number of fused-ring (bicyclic) bond motifs is 1. The molecule has 1 heterocycles. The van der Waals surface area contributed by atoms with Crippen molar-refractivity contribution in [2.75, 3.05) is 14.1 Å². The van der Waals surface area contributed by atoms with Gasteiger partial charge < -0.3 is 14.6 Å². The number of hydrogen-bond donors (Lipinski definition) is 1. The Hall–Kier alpha value is -3.34. The molecule has 0 aliphatic heterocycles. The SMILES string of the molecule is CN(C)C(=O)c1ccc2c(ccc(=O)n2Cc2ccc(C(O)(C(F)(F)F)C(F)(F)F)cc2)c1. The zero-order valence-electron chi connectivity index (χ0n) is 17.3. The van der Waals surface area contributed by atoms with Crippen LogP contribution in [0.5, 0.6) is 0 Å². The summed E-state index contributed by atoms with van der Waals surface area (Å²) in [6.07, 6.45) is -12.0. The van der Waals surface area contributed by atoms with Crippen LogP contribution in [0.25, 0.3) is 10.9 Å². The highest BCUT2D eigenvalue weighted by atomic mass is 19.4. The van der Waals surface area contributed by atoms with Gasteiger partial charge in [0.15, 0.2) is 0 Å². The fraction of sp³-hybridized carbons (Fsp3) is 0.273. The molecule has 33 heavy (non-hydrogen) atoms. The summed E-state index contributed by atoms with van der Waals surface area (Å²) in [5.74, 6) is -0.257. The summed E-state index contributed by atoms with van der Waals surface area (Å²) in [5.41, 5.74) is -5.84. The molecule has 0 fully saturated rings. The second kappa shape index (κ2) is 8.22. The molecule has 1 N–H and O–H groups in total. The summed E-state index contributed by atoms with van der Waals surface area (Å²) >= 11 is 0. The Bertz CT molecular complexity index is 1230. The summed E-state index contributed by atoms with van der Waals surface area (Å²) in [5, 5.41) is 10.0. The van der Waals surface area contributed by atoms with Crippen molar-refractivity contribution in [1.29, 1.82) is 0 Å². The maximum atomic E-state index is 13.1. The lowest BCUT2D eigenvalue weighted by Crippen LogP contribution is -2.53. The molecule has 3 rings (SSSR count). The number of pyridine rings is 1. The van der Waals surface area contributed by atoms with E-state index in [1.165, 1.54) is 33.7 Å². The number of rotatable bonds is 4. The molecule has 0 saturated carbocycles. The van der Waals surface area contributed by atoms with Crippen LogP contribution in [-0.4, -0.2) is 46.9 Å². The molecule has 0 spiro atoms. The first-order valence-corrected chi connectivity index (χ1v) is 9.47. The van der Waals surface area contributed by atoms with Crippen molar-refractivity contribution in [2.24, 2.45) is 0 Å². The quantitative estimate of drug-likeness (QED) is 0.583. The van der Waals surface area contributed by atoms with Crippen molar-refractivity contribution >= 4 is 16.8 Å². The number of nitrogens with zero attached hydrogens (tertiary/aromatic N) is 2. The molecule has 0 bridgehead atoms. The smallest absolute Gasteiger partial charge is 0.369 e. The molecule has 3 aromatic rings. The Morgan fingerprint density at radius 1 is 0.909 bits per heavy atom. The van der Waals surface area contributed by atoms with Crippen LogP contribution in [0, 0.1) is 0 Å². The Labute approximate surface area is 183 Å². The molecule has 0 atom stereocenters. The topological polar surface area (TPSA) is 62.5 Å². The number of halogens is 6.